The Bertz CT molecular complexity index is 933. The summed E-state index contributed by atoms with van der Waals surface area (Å²) in [6.45, 7) is 7.65. The minimum absolute atomic E-state index is 0.142. The van der Waals surface area contributed by atoms with Crippen LogP contribution < -0.4 is 14.4 Å². The fourth-order valence-electron chi connectivity index (χ4n) is 4.25. The SMILES string of the molecule is CCOc1ccc(/C=C2\Oc3c(ccc(O)c3C[NH+]3CCC[C@H](C)C3)C2=O)cc1. The number of hydrogen-bond donors (Lipinski definition) is 2. The van der Waals surface area contributed by atoms with Crippen LogP contribution in [0.3, 0.4) is 0 Å². The van der Waals surface area contributed by atoms with E-state index in [9.17, 15) is 9.90 Å². The van der Waals surface area contributed by atoms with Crippen LogP contribution in [-0.2, 0) is 6.54 Å². The van der Waals surface area contributed by atoms with Gasteiger partial charge >= 0.3 is 0 Å². The molecule has 0 aliphatic carbocycles. The van der Waals surface area contributed by atoms with Crippen LogP contribution in [0.2, 0.25) is 0 Å². The van der Waals surface area contributed by atoms with Gasteiger partial charge in [-0.3, -0.25) is 4.79 Å². The lowest BCUT2D eigenvalue weighted by Gasteiger charge is -2.28. The number of carbonyl (C=O) groups excluding carboxylic acids is 1. The first-order valence-electron chi connectivity index (χ1n) is 10.4. The van der Waals surface area contributed by atoms with E-state index in [1.807, 2.05) is 31.2 Å². The van der Waals surface area contributed by atoms with Crippen molar-refractivity contribution in [2.75, 3.05) is 19.7 Å². The first-order valence-corrected chi connectivity index (χ1v) is 10.4. The number of allylic oxidation sites excluding steroid dienone is 1. The summed E-state index contributed by atoms with van der Waals surface area (Å²) < 4.78 is 11.5. The summed E-state index contributed by atoms with van der Waals surface area (Å²) in [7, 11) is 0. The smallest absolute Gasteiger partial charge is 0.231 e. The number of phenols is 1. The molecule has 5 heteroatoms. The Hall–Kier alpha value is -2.79. The number of carbonyl (C=O) groups is 1. The molecule has 1 unspecified atom stereocenters. The predicted octanol–water partition coefficient (Wildman–Crippen LogP) is 3.22. The van der Waals surface area contributed by atoms with Crippen molar-refractivity contribution >= 4 is 11.9 Å². The number of hydrogen-bond acceptors (Lipinski definition) is 4. The predicted molar refractivity (Wildman–Crippen MR) is 111 cm³/mol. The number of phenolic OH excluding ortho intramolecular Hbond substituents is 1. The van der Waals surface area contributed by atoms with Crippen LogP contribution in [0.25, 0.3) is 6.08 Å². The van der Waals surface area contributed by atoms with Gasteiger partial charge in [-0.05, 0) is 55.7 Å². The van der Waals surface area contributed by atoms with Gasteiger partial charge in [0.05, 0.1) is 30.8 Å². The molecule has 2 aromatic carbocycles. The van der Waals surface area contributed by atoms with Gasteiger partial charge in [0.1, 0.15) is 18.0 Å². The monoisotopic (exact) mass is 394 g/mol. The molecular weight excluding hydrogens is 366 g/mol. The Labute approximate surface area is 171 Å². The van der Waals surface area contributed by atoms with Crippen LogP contribution in [0.4, 0.5) is 0 Å². The average Bonchev–Trinajstić information content (AvgIpc) is 3.02. The fourth-order valence-corrected chi connectivity index (χ4v) is 4.25. The average molecular weight is 394 g/mol. The Kier molecular flexibility index (Phi) is 5.58. The Morgan fingerprint density at radius 3 is 2.76 bits per heavy atom. The van der Waals surface area contributed by atoms with Gasteiger partial charge in [0.25, 0.3) is 0 Å². The normalized spacial score (nSPS) is 22.4. The van der Waals surface area contributed by atoms with Gasteiger partial charge in [0.2, 0.25) is 5.78 Å². The molecule has 2 aliphatic heterocycles. The number of nitrogens with one attached hydrogen (secondary N) is 1. The quantitative estimate of drug-likeness (QED) is 0.765. The molecule has 1 saturated heterocycles. The maximum absolute atomic E-state index is 12.9. The van der Waals surface area contributed by atoms with E-state index in [2.05, 4.69) is 6.92 Å². The molecule has 2 N–H and O–H groups in total. The maximum Gasteiger partial charge on any atom is 0.231 e. The number of Topliss-reactive ketones (excluding diaryl/α,β-unsaturated/α-hetero) is 1. The molecule has 2 atom stereocenters. The highest BCUT2D eigenvalue weighted by Crippen LogP contribution is 2.39. The number of quaternary nitrogens is 1. The minimum atomic E-state index is -0.142. The standard InChI is InChI=1S/C24H27NO4/c1-3-28-18-8-6-17(7-9-18)13-22-23(27)19-10-11-21(26)20(24(19)29-22)15-25-12-4-5-16(2)14-25/h6-11,13,16,26H,3-5,12,14-15H2,1-2H3/p+1/b22-13-/t16-/m0/s1. The lowest BCUT2D eigenvalue weighted by Crippen LogP contribution is -3.12. The van der Waals surface area contributed by atoms with Crippen LogP contribution in [0, 0.1) is 5.92 Å². The Morgan fingerprint density at radius 2 is 2.03 bits per heavy atom. The van der Waals surface area contributed by atoms with E-state index >= 15 is 0 Å². The first kappa shape index (κ1) is 19.5. The summed E-state index contributed by atoms with van der Waals surface area (Å²) in [5.41, 5.74) is 2.13. The molecule has 2 heterocycles. The molecule has 0 bridgehead atoms. The molecule has 4 rings (SSSR count). The molecule has 2 aromatic rings. The third-order valence-corrected chi connectivity index (χ3v) is 5.70. The molecule has 0 saturated carbocycles. The molecule has 152 valence electrons. The summed E-state index contributed by atoms with van der Waals surface area (Å²) >= 11 is 0. The van der Waals surface area contributed by atoms with Gasteiger partial charge in [-0.25, -0.2) is 0 Å². The lowest BCUT2D eigenvalue weighted by atomic mass is 9.99. The van der Waals surface area contributed by atoms with Crippen molar-refractivity contribution in [3.63, 3.8) is 0 Å². The molecule has 29 heavy (non-hydrogen) atoms. The minimum Gasteiger partial charge on any atom is -0.507 e. The van der Waals surface area contributed by atoms with E-state index in [0.717, 1.165) is 30.0 Å². The Morgan fingerprint density at radius 1 is 1.24 bits per heavy atom. The molecule has 0 radical (unpaired) electrons. The van der Waals surface area contributed by atoms with Crippen molar-refractivity contribution in [2.45, 2.75) is 33.2 Å². The zero-order valence-corrected chi connectivity index (χ0v) is 17.0. The van der Waals surface area contributed by atoms with Crippen molar-refractivity contribution in [3.05, 3.63) is 58.8 Å². The number of rotatable bonds is 5. The van der Waals surface area contributed by atoms with Gasteiger partial charge < -0.3 is 19.5 Å². The number of piperidine rings is 1. The second-order valence-corrected chi connectivity index (χ2v) is 8.01. The highest BCUT2D eigenvalue weighted by atomic mass is 16.5. The van der Waals surface area contributed by atoms with Crippen molar-refractivity contribution in [2.24, 2.45) is 5.92 Å². The Balaban J connectivity index is 1.58. The molecule has 5 nitrogen and oxygen atoms in total. The summed E-state index contributed by atoms with van der Waals surface area (Å²) in [5.74, 6) is 2.33. The van der Waals surface area contributed by atoms with E-state index in [1.165, 1.54) is 17.7 Å². The highest BCUT2D eigenvalue weighted by Gasteiger charge is 2.33. The largest absolute Gasteiger partial charge is 0.507 e. The number of aromatic hydroxyl groups is 1. The van der Waals surface area contributed by atoms with E-state index in [4.69, 9.17) is 9.47 Å². The van der Waals surface area contributed by atoms with Crippen molar-refractivity contribution in [3.8, 4) is 17.2 Å². The van der Waals surface area contributed by atoms with Crippen molar-refractivity contribution in [1.82, 2.24) is 0 Å². The van der Waals surface area contributed by atoms with Gasteiger partial charge in [-0.15, -0.1) is 0 Å². The number of ether oxygens (including phenoxy) is 2. The van der Waals surface area contributed by atoms with E-state index < -0.39 is 0 Å². The molecule has 1 fully saturated rings. The second-order valence-electron chi connectivity index (χ2n) is 8.01. The molecule has 0 aromatic heterocycles. The molecular formula is C24H28NO4+. The summed E-state index contributed by atoms with van der Waals surface area (Å²) in [4.78, 5) is 14.3. The van der Waals surface area contributed by atoms with Crippen LogP contribution in [0.5, 0.6) is 17.2 Å². The van der Waals surface area contributed by atoms with Gasteiger partial charge in [0.15, 0.2) is 11.5 Å². The van der Waals surface area contributed by atoms with Crippen LogP contribution >= 0.6 is 0 Å². The zero-order chi connectivity index (χ0) is 20.4. The van der Waals surface area contributed by atoms with Gasteiger partial charge in [-0.1, -0.05) is 19.1 Å². The van der Waals surface area contributed by atoms with E-state index in [0.29, 0.717) is 30.4 Å². The third kappa shape index (κ3) is 4.15. The highest BCUT2D eigenvalue weighted by molar-refractivity contribution is 6.14. The molecule has 0 amide bonds. The van der Waals surface area contributed by atoms with Crippen molar-refractivity contribution < 1.29 is 24.3 Å². The van der Waals surface area contributed by atoms with Gasteiger partial charge in [0, 0.05) is 5.92 Å². The lowest BCUT2D eigenvalue weighted by molar-refractivity contribution is -0.922. The summed E-state index contributed by atoms with van der Waals surface area (Å²) in [6, 6.07) is 10.8. The number of ketones is 1. The second kappa shape index (κ2) is 8.29. The van der Waals surface area contributed by atoms with Crippen LogP contribution in [0.1, 0.15) is 48.2 Å². The topological polar surface area (TPSA) is 60.2 Å². The van der Waals surface area contributed by atoms with Gasteiger partial charge in [-0.2, -0.15) is 0 Å². The zero-order valence-electron chi connectivity index (χ0n) is 17.0. The first-order chi connectivity index (χ1) is 14.0. The van der Waals surface area contributed by atoms with Crippen molar-refractivity contribution in [1.29, 1.82) is 0 Å². The summed E-state index contributed by atoms with van der Waals surface area (Å²) in [6.07, 6.45) is 4.19. The third-order valence-electron chi connectivity index (χ3n) is 5.70. The van der Waals surface area contributed by atoms with Crippen LogP contribution in [-0.4, -0.2) is 30.6 Å². The van der Waals surface area contributed by atoms with Crippen LogP contribution in [0.15, 0.2) is 42.2 Å². The number of likely N-dealkylation sites (tertiary alicyclic amines) is 1. The van der Waals surface area contributed by atoms with E-state index in [-0.39, 0.29) is 17.3 Å². The molecule has 2 aliphatic rings. The number of fused-ring (bicyclic) bond motifs is 1. The fraction of sp³-hybridized carbons (Fsp3) is 0.375. The maximum atomic E-state index is 12.9. The summed E-state index contributed by atoms with van der Waals surface area (Å²) in [5, 5.41) is 10.5. The molecule has 0 spiro atoms. The van der Waals surface area contributed by atoms with E-state index in [1.54, 1.807) is 18.2 Å². The number of benzene rings is 2.